The van der Waals surface area contributed by atoms with Crippen molar-refractivity contribution in [1.82, 2.24) is 9.55 Å². The molecule has 0 bridgehead atoms. The van der Waals surface area contributed by atoms with E-state index in [9.17, 15) is 4.79 Å². The summed E-state index contributed by atoms with van der Waals surface area (Å²) >= 11 is 0. The molecule has 5 heteroatoms. The van der Waals surface area contributed by atoms with Gasteiger partial charge in [-0.15, -0.1) is 0 Å². The summed E-state index contributed by atoms with van der Waals surface area (Å²) < 4.78 is 1.83. The standard InChI is InChI=1S/C11H12N4O/c1-14(11(12)16)9-4-2-3-5-10(9)15-7-6-13-8-15/h2-8H,1H3,(H2,12,16). The first-order valence-electron chi connectivity index (χ1n) is 4.80. The number of imidazole rings is 1. The highest BCUT2D eigenvalue weighted by atomic mass is 16.2. The van der Waals surface area contributed by atoms with Gasteiger partial charge in [0.1, 0.15) is 0 Å². The Morgan fingerprint density at radius 2 is 2.19 bits per heavy atom. The van der Waals surface area contributed by atoms with Gasteiger partial charge in [0.2, 0.25) is 0 Å². The van der Waals surface area contributed by atoms with Gasteiger partial charge < -0.3 is 10.3 Å². The second kappa shape index (κ2) is 4.06. The lowest BCUT2D eigenvalue weighted by atomic mass is 10.2. The number of carbonyl (C=O) groups is 1. The predicted octanol–water partition coefficient (Wildman–Crippen LogP) is 1.39. The van der Waals surface area contributed by atoms with Crippen LogP contribution in [0.1, 0.15) is 0 Å². The molecule has 2 rings (SSSR count). The fraction of sp³-hybridized carbons (Fsp3) is 0.0909. The number of rotatable bonds is 2. The lowest BCUT2D eigenvalue weighted by molar-refractivity contribution is 0.255. The van der Waals surface area contributed by atoms with Gasteiger partial charge in [-0.3, -0.25) is 4.90 Å². The summed E-state index contributed by atoms with van der Waals surface area (Å²) in [5.74, 6) is 0. The number of primary amides is 1. The van der Waals surface area contributed by atoms with Crippen molar-refractivity contribution < 1.29 is 4.79 Å². The Morgan fingerprint density at radius 3 is 2.81 bits per heavy atom. The first-order valence-corrected chi connectivity index (χ1v) is 4.80. The second-order valence-corrected chi connectivity index (χ2v) is 3.36. The summed E-state index contributed by atoms with van der Waals surface area (Å²) in [4.78, 5) is 16.5. The quantitative estimate of drug-likeness (QED) is 0.824. The molecule has 0 aliphatic carbocycles. The molecule has 2 N–H and O–H groups in total. The minimum absolute atomic E-state index is 0.493. The molecule has 0 spiro atoms. The number of nitrogens with two attached hydrogens (primary N) is 1. The van der Waals surface area contributed by atoms with Crippen molar-refractivity contribution in [2.75, 3.05) is 11.9 Å². The minimum atomic E-state index is -0.493. The maximum Gasteiger partial charge on any atom is 0.319 e. The van der Waals surface area contributed by atoms with E-state index in [0.29, 0.717) is 0 Å². The predicted molar refractivity (Wildman–Crippen MR) is 61.6 cm³/mol. The summed E-state index contributed by atoms with van der Waals surface area (Å²) in [7, 11) is 1.64. The first-order chi connectivity index (χ1) is 7.70. The van der Waals surface area contributed by atoms with Crippen LogP contribution in [0.25, 0.3) is 5.69 Å². The Balaban J connectivity index is 2.50. The van der Waals surface area contributed by atoms with Crippen LogP contribution in [0.15, 0.2) is 43.0 Å². The lowest BCUT2D eigenvalue weighted by Gasteiger charge is -2.18. The number of amides is 2. The van der Waals surface area contributed by atoms with E-state index in [1.807, 2.05) is 35.0 Å². The van der Waals surface area contributed by atoms with E-state index < -0.39 is 6.03 Å². The molecular formula is C11H12N4O. The summed E-state index contributed by atoms with van der Waals surface area (Å²) in [6.07, 6.45) is 5.17. The largest absolute Gasteiger partial charge is 0.351 e. The van der Waals surface area contributed by atoms with Gasteiger partial charge in [0, 0.05) is 19.4 Å². The third-order valence-corrected chi connectivity index (χ3v) is 2.36. The zero-order valence-corrected chi connectivity index (χ0v) is 8.87. The van der Waals surface area contributed by atoms with E-state index in [1.165, 1.54) is 4.90 Å². The molecule has 0 saturated carbocycles. The summed E-state index contributed by atoms with van der Waals surface area (Å²) in [6.45, 7) is 0. The average Bonchev–Trinajstić information content (AvgIpc) is 2.81. The van der Waals surface area contributed by atoms with Crippen LogP contribution in [0.4, 0.5) is 10.5 Å². The summed E-state index contributed by atoms with van der Waals surface area (Å²) in [5.41, 5.74) is 6.86. The van der Waals surface area contributed by atoms with Crippen molar-refractivity contribution in [3.8, 4) is 5.69 Å². The van der Waals surface area contributed by atoms with Crippen LogP contribution >= 0.6 is 0 Å². The van der Waals surface area contributed by atoms with Crippen LogP contribution in [0.3, 0.4) is 0 Å². The molecule has 0 aliphatic rings. The summed E-state index contributed by atoms with van der Waals surface area (Å²) in [5, 5.41) is 0. The van der Waals surface area contributed by atoms with Crippen molar-refractivity contribution >= 4 is 11.7 Å². The van der Waals surface area contributed by atoms with Crippen molar-refractivity contribution in [2.45, 2.75) is 0 Å². The third-order valence-electron chi connectivity index (χ3n) is 2.36. The van der Waals surface area contributed by atoms with Gasteiger partial charge in [0.15, 0.2) is 0 Å². The van der Waals surface area contributed by atoms with Gasteiger partial charge in [-0.05, 0) is 12.1 Å². The highest BCUT2D eigenvalue weighted by Gasteiger charge is 2.11. The number of aromatic nitrogens is 2. The summed E-state index contributed by atoms with van der Waals surface area (Å²) in [6, 6.07) is 6.99. The molecule has 0 atom stereocenters. The minimum Gasteiger partial charge on any atom is -0.351 e. The van der Waals surface area contributed by atoms with Crippen LogP contribution < -0.4 is 10.6 Å². The Hall–Kier alpha value is -2.30. The maximum atomic E-state index is 11.1. The van der Waals surface area contributed by atoms with Gasteiger partial charge in [0.25, 0.3) is 0 Å². The molecule has 0 fully saturated rings. The number of para-hydroxylation sites is 2. The Bertz CT molecular complexity index is 492. The second-order valence-electron chi connectivity index (χ2n) is 3.36. The molecule has 16 heavy (non-hydrogen) atoms. The molecule has 2 aromatic rings. The number of hydrogen-bond acceptors (Lipinski definition) is 2. The molecule has 2 amide bonds. The molecule has 1 heterocycles. The number of carbonyl (C=O) groups excluding carboxylic acids is 1. The van der Waals surface area contributed by atoms with Gasteiger partial charge in [-0.25, -0.2) is 9.78 Å². The van der Waals surface area contributed by atoms with Crippen LogP contribution in [0, 0.1) is 0 Å². The highest BCUT2D eigenvalue weighted by Crippen LogP contribution is 2.22. The van der Waals surface area contributed by atoms with Gasteiger partial charge in [-0.2, -0.15) is 0 Å². The Labute approximate surface area is 93.1 Å². The molecule has 82 valence electrons. The monoisotopic (exact) mass is 216 g/mol. The maximum absolute atomic E-state index is 11.1. The Morgan fingerprint density at radius 1 is 1.44 bits per heavy atom. The molecule has 1 aromatic heterocycles. The van der Waals surface area contributed by atoms with Gasteiger partial charge in [0.05, 0.1) is 17.7 Å². The molecule has 0 saturated heterocycles. The van der Waals surface area contributed by atoms with E-state index in [1.54, 1.807) is 19.6 Å². The van der Waals surface area contributed by atoms with E-state index in [4.69, 9.17) is 5.73 Å². The first kappa shape index (κ1) is 10.2. The zero-order valence-electron chi connectivity index (χ0n) is 8.87. The zero-order chi connectivity index (χ0) is 11.5. The molecule has 1 aromatic carbocycles. The van der Waals surface area contributed by atoms with Crippen LogP contribution in [-0.4, -0.2) is 22.6 Å². The van der Waals surface area contributed by atoms with Crippen LogP contribution in [0.2, 0.25) is 0 Å². The number of hydrogen-bond donors (Lipinski definition) is 1. The normalized spacial score (nSPS) is 10.1. The Kier molecular flexibility index (Phi) is 2.59. The third kappa shape index (κ3) is 1.75. The van der Waals surface area contributed by atoms with Gasteiger partial charge >= 0.3 is 6.03 Å². The fourth-order valence-electron chi connectivity index (χ4n) is 1.49. The molecular weight excluding hydrogens is 204 g/mol. The smallest absolute Gasteiger partial charge is 0.319 e. The van der Waals surface area contributed by atoms with E-state index in [2.05, 4.69) is 4.98 Å². The van der Waals surface area contributed by atoms with Crippen molar-refractivity contribution in [3.63, 3.8) is 0 Å². The van der Waals surface area contributed by atoms with E-state index in [-0.39, 0.29) is 0 Å². The lowest BCUT2D eigenvalue weighted by Crippen LogP contribution is -2.32. The average molecular weight is 216 g/mol. The van der Waals surface area contributed by atoms with Crippen LogP contribution in [0.5, 0.6) is 0 Å². The van der Waals surface area contributed by atoms with Gasteiger partial charge in [-0.1, -0.05) is 12.1 Å². The SMILES string of the molecule is CN(C(N)=O)c1ccccc1-n1ccnc1. The van der Waals surface area contributed by atoms with E-state index in [0.717, 1.165) is 11.4 Å². The molecule has 0 radical (unpaired) electrons. The van der Waals surface area contributed by atoms with Crippen molar-refractivity contribution in [1.29, 1.82) is 0 Å². The topological polar surface area (TPSA) is 64.2 Å². The fourth-order valence-corrected chi connectivity index (χ4v) is 1.49. The van der Waals surface area contributed by atoms with Crippen molar-refractivity contribution in [3.05, 3.63) is 43.0 Å². The number of urea groups is 1. The van der Waals surface area contributed by atoms with Crippen LogP contribution in [-0.2, 0) is 0 Å². The number of anilines is 1. The highest BCUT2D eigenvalue weighted by molar-refractivity contribution is 5.92. The molecule has 0 aliphatic heterocycles. The van der Waals surface area contributed by atoms with Crippen molar-refractivity contribution in [2.24, 2.45) is 5.73 Å². The number of nitrogens with zero attached hydrogens (tertiary/aromatic N) is 3. The van der Waals surface area contributed by atoms with E-state index >= 15 is 0 Å². The number of benzene rings is 1. The molecule has 5 nitrogen and oxygen atoms in total. The molecule has 0 unspecified atom stereocenters.